The molecule has 14 heavy (non-hydrogen) atoms. The van der Waals surface area contributed by atoms with Gasteiger partial charge >= 0.3 is 5.97 Å². The highest BCUT2D eigenvalue weighted by Gasteiger charge is 2.17. The Kier molecular flexibility index (Phi) is 5.17. The maximum Gasteiger partial charge on any atom is 0.306 e. The molecule has 0 aliphatic rings. The number of rotatable bonds is 4. The first-order chi connectivity index (χ1) is 6.22. The quantitative estimate of drug-likeness (QED) is 0.650. The minimum absolute atomic E-state index is 0.0787. The molecule has 0 unspecified atom stereocenters. The van der Waals surface area contributed by atoms with E-state index in [0.717, 1.165) is 6.42 Å². The third-order valence-electron chi connectivity index (χ3n) is 2.36. The van der Waals surface area contributed by atoms with E-state index in [-0.39, 0.29) is 11.6 Å². The first-order valence-corrected chi connectivity index (χ1v) is 5.44. The second kappa shape index (κ2) is 5.38. The Balaban J connectivity index is 3.75. The van der Waals surface area contributed by atoms with Gasteiger partial charge in [-0.1, -0.05) is 20.8 Å². The van der Waals surface area contributed by atoms with Crippen molar-refractivity contribution in [2.45, 2.75) is 60.0 Å². The lowest BCUT2D eigenvalue weighted by molar-refractivity contribution is -0.155. The Morgan fingerprint density at radius 3 is 2.07 bits per heavy atom. The number of ether oxygens (including phenoxy) is 1. The van der Waals surface area contributed by atoms with Crippen LogP contribution in [0.4, 0.5) is 0 Å². The van der Waals surface area contributed by atoms with Gasteiger partial charge in [-0.2, -0.15) is 0 Å². The zero-order valence-corrected chi connectivity index (χ0v) is 10.4. The highest BCUT2D eigenvalue weighted by Crippen LogP contribution is 2.17. The minimum Gasteiger partial charge on any atom is -0.460 e. The van der Waals surface area contributed by atoms with Crippen molar-refractivity contribution in [2.75, 3.05) is 0 Å². The number of hydrogen-bond donors (Lipinski definition) is 0. The summed E-state index contributed by atoms with van der Waals surface area (Å²) in [6, 6.07) is 0. The highest BCUT2D eigenvalue weighted by molar-refractivity contribution is 5.69. The average Bonchev–Trinajstić information content (AvgIpc) is 1.96. The fourth-order valence-electron chi connectivity index (χ4n) is 1.07. The van der Waals surface area contributed by atoms with Crippen molar-refractivity contribution >= 4 is 5.97 Å². The Morgan fingerprint density at radius 2 is 1.71 bits per heavy atom. The summed E-state index contributed by atoms with van der Waals surface area (Å²) in [7, 11) is 0. The molecule has 1 atom stereocenters. The van der Waals surface area contributed by atoms with Crippen LogP contribution in [0.1, 0.15) is 54.4 Å². The van der Waals surface area contributed by atoms with E-state index in [1.54, 1.807) is 0 Å². The molecule has 0 aromatic heterocycles. The molecule has 0 spiro atoms. The smallest absolute Gasteiger partial charge is 0.306 e. The molecule has 2 heteroatoms. The van der Waals surface area contributed by atoms with E-state index in [9.17, 15) is 4.79 Å². The van der Waals surface area contributed by atoms with E-state index in [0.29, 0.717) is 18.3 Å². The lowest BCUT2D eigenvalue weighted by Gasteiger charge is -2.20. The van der Waals surface area contributed by atoms with Crippen LogP contribution < -0.4 is 0 Å². The van der Waals surface area contributed by atoms with Gasteiger partial charge in [0.25, 0.3) is 0 Å². The van der Waals surface area contributed by atoms with Gasteiger partial charge in [0.05, 0.1) is 0 Å². The Hall–Kier alpha value is -0.530. The van der Waals surface area contributed by atoms with Crippen LogP contribution in [0.5, 0.6) is 0 Å². The van der Waals surface area contributed by atoms with Gasteiger partial charge in [-0.25, -0.2) is 0 Å². The summed E-state index contributed by atoms with van der Waals surface area (Å²) in [6.45, 7) is 12.2. The molecule has 84 valence electrons. The fraction of sp³-hybridized carbons (Fsp3) is 0.917. The van der Waals surface area contributed by atoms with Crippen molar-refractivity contribution < 1.29 is 9.53 Å². The van der Waals surface area contributed by atoms with Crippen molar-refractivity contribution in [2.24, 2.45) is 11.8 Å². The number of hydrogen-bond acceptors (Lipinski definition) is 2. The molecular weight excluding hydrogens is 176 g/mol. The van der Waals surface area contributed by atoms with Crippen molar-refractivity contribution in [1.82, 2.24) is 0 Å². The molecule has 0 fully saturated rings. The summed E-state index contributed by atoms with van der Waals surface area (Å²) >= 11 is 0. The van der Waals surface area contributed by atoms with Crippen LogP contribution in [0.2, 0.25) is 0 Å². The second-order valence-electron chi connectivity index (χ2n) is 5.35. The third kappa shape index (κ3) is 6.93. The van der Waals surface area contributed by atoms with E-state index >= 15 is 0 Å². The second-order valence-corrected chi connectivity index (χ2v) is 5.35. The van der Waals surface area contributed by atoms with Gasteiger partial charge in [0.2, 0.25) is 0 Å². The maximum atomic E-state index is 11.4. The average molecular weight is 200 g/mol. The van der Waals surface area contributed by atoms with Crippen molar-refractivity contribution in [1.29, 1.82) is 0 Å². The van der Waals surface area contributed by atoms with Crippen molar-refractivity contribution in [3.63, 3.8) is 0 Å². The van der Waals surface area contributed by atoms with Crippen LogP contribution in [0.15, 0.2) is 0 Å². The van der Waals surface area contributed by atoms with Crippen molar-refractivity contribution in [3.05, 3.63) is 0 Å². The Morgan fingerprint density at radius 1 is 1.21 bits per heavy atom. The van der Waals surface area contributed by atoms with Gasteiger partial charge in [0, 0.05) is 6.42 Å². The minimum atomic E-state index is -0.349. The molecule has 0 aliphatic heterocycles. The van der Waals surface area contributed by atoms with Crippen LogP contribution in [0, 0.1) is 11.8 Å². The molecule has 0 aliphatic carbocycles. The van der Waals surface area contributed by atoms with Crippen molar-refractivity contribution in [3.8, 4) is 0 Å². The summed E-state index contributed by atoms with van der Waals surface area (Å²) in [6.07, 6.45) is 1.46. The zero-order valence-electron chi connectivity index (χ0n) is 10.4. The molecule has 2 nitrogen and oxygen atoms in total. The molecule has 0 saturated heterocycles. The van der Waals surface area contributed by atoms with Crippen LogP contribution in [0.25, 0.3) is 0 Å². The summed E-state index contributed by atoms with van der Waals surface area (Å²) in [5.41, 5.74) is -0.349. The standard InChI is InChI=1S/C12H24O2/c1-9(2)10(3)7-8-11(13)14-12(4,5)6/h9-10H,7-8H2,1-6H3/t10-/m0/s1. The van der Waals surface area contributed by atoms with Gasteiger partial charge < -0.3 is 4.74 Å². The topological polar surface area (TPSA) is 26.3 Å². The van der Waals surface area contributed by atoms with Crippen LogP contribution >= 0.6 is 0 Å². The van der Waals surface area contributed by atoms with Gasteiger partial charge in [0.1, 0.15) is 5.60 Å². The number of esters is 1. The molecule has 0 amide bonds. The van der Waals surface area contributed by atoms with E-state index in [1.165, 1.54) is 0 Å². The molecule has 0 aromatic rings. The largest absolute Gasteiger partial charge is 0.460 e. The van der Waals surface area contributed by atoms with Crippen LogP contribution in [-0.4, -0.2) is 11.6 Å². The number of carbonyl (C=O) groups is 1. The molecule has 0 heterocycles. The molecular formula is C12H24O2. The lowest BCUT2D eigenvalue weighted by atomic mass is 9.93. The van der Waals surface area contributed by atoms with E-state index in [1.807, 2.05) is 20.8 Å². The normalized spacial score (nSPS) is 14.2. The van der Waals surface area contributed by atoms with Gasteiger partial charge in [-0.3, -0.25) is 4.79 Å². The van der Waals surface area contributed by atoms with E-state index in [2.05, 4.69) is 20.8 Å². The van der Waals surface area contributed by atoms with Crippen LogP contribution in [-0.2, 0) is 9.53 Å². The number of carbonyl (C=O) groups excluding carboxylic acids is 1. The van der Waals surface area contributed by atoms with Gasteiger partial charge in [-0.15, -0.1) is 0 Å². The first-order valence-electron chi connectivity index (χ1n) is 5.44. The summed E-state index contributed by atoms with van der Waals surface area (Å²) in [5, 5.41) is 0. The SMILES string of the molecule is CC(C)[C@@H](C)CCC(=O)OC(C)(C)C. The van der Waals surface area contributed by atoms with Gasteiger partial charge in [-0.05, 0) is 39.0 Å². The maximum absolute atomic E-state index is 11.4. The van der Waals surface area contributed by atoms with E-state index < -0.39 is 0 Å². The monoisotopic (exact) mass is 200 g/mol. The Labute approximate surface area is 88.0 Å². The summed E-state index contributed by atoms with van der Waals surface area (Å²) in [5.74, 6) is 1.14. The molecule has 0 saturated carbocycles. The first kappa shape index (κ1) is 13.5. The molecule has 0 N–H and O–H groups in total. The third-order valence-corrected chi connectivity index (χ3v) is 2.36. The summed E-state index contributed by atoms with van der Waals surface area (Å²) < 4.78 is 5.23. The van der Waals surface area contributed by atoms with Gasteiger partial charge in [0.15, 0.2) is 0 Å². The predicted molar refractivity (Wildman–Crippen MR) is 59.1 cm³/mol. The molecule has 0 rings (SSSR count). The highest BCUT2D eigenvalue weighted by atomic mass is 16.6. The van der Waals surface area contributed by atoms with E-state index in [4.69, 9.17) is 4.74 Å². The zero-order chi connectivity index (χ0) is 11.4. The fourth-order valence-corrected chi connectivity index (χ4v) is 1.07. The molecule has 0 radical (unpaired) electrons. The molecule has 0 aromatic carbocycles. The van der Waals surface area contributed by atoms with Crippen LogP contribution in [0.3, 0.4) is 0 Å². The predicted octanol–water partition coefficient (Wildman–Crippen LogP) is 3.40. The lowest BCUT2D eigenvalue weighted by Crippen LogP contribution is -2.24. The Bertz CT molecular complexity index is 177. The molecule has 0 bridgehead atoms. The summed E-state index contributed by atoms with van der Waals surface area (Å²) in [4.78, 5) is 11.4.